The Hall–Kier alpha value is -1.76. The van der Waals surface area contributed by atoms with Crippen molar-refractivity contribution in [2.24, 2.45) is 0 Å². The molecular weight excluding hydrogens is 470 g/mol. The molecule has 3 rings (SSSR count). The lowest BCUT2D eigenvalue weighted by molar-refractivity contribution is 0.551. The quantitative estimate of drug-likeness (QED) is 0.398. The average Bonchev–Trinajstić information content (AvgIpc) is 2.66. The van der Waals surface area contributed by atoms with Gasteiger partial charge < -0.3 is 0 Å². The number of sulfone groups is 1. The molecule has 0 aromatic heterocycles. The fraction of sp³-hybridized carbons (Fsp3) is 0.143. The van der Waals surface area contributed by atoms with E-state index in [2.05, 4.69) is 15.9 Å². The summed E-state index contributed by atoms with van der Waals surface area (Å²) in [7, 11) is -3.96. The first-order valence-corrected chi connectivity index (χ1v) is 11.2. The highest BCUT2D eigenvalue weighted by atomic mass is 79.9. The molecule has 7 heteroatoms. The SMILES string of the molecule is O=S(=O)(c1ccc(Cl)cc1)C(CCc1ccc(Br)cc1)c1cc(F)ccc1F. The number of rotatable bonds is 6. The summed E-state index contributed by atoms with van der Waals surface area (Å²) in [5.41, 5.74) is 0.725. The molecule has 2 nitrogen and oxygen atoms in total. The molecule has 0 heterocycles. The highest BCUT2D eigenvalue weighted by Crippen LogP contribution is 2.35. The van der Waals surface area contributed by atoms with Crippen molar-refractivity contribution >= 4 is 37.4 Å². The van der Waals surface area contributed by atoms with Crippen LogP contribution in [0.3, 0.4) is 0 Å². The van der Waals surface area contributed by atoms with Crippen molar-refractivity contribution in [3.8, 4) is 0 Å². The van der Waals surface area contributed by atoms with Crippen LogP contribution in [0, 0.1) is 11.6 Å². The maximum atomic E-state index is 14.5. The van der Waals surface area contributed by atoms with Gasteiger partial charge in [0.05, 0.1) is 10.1 Å². The third kappa shape index (κ3) is 4.80. The molecular formula is C21H16BrClF2O2S. The molecule has 0 bridgehead atoms. The van der Waals surface area contributed by atoms with E-state index in [0.717, 1.165) is 28.2 Å². The molecule has 3 aromatic carbocycles. The molecule has 0 spiro atoms. The van der Waals surface area contributed by atoms with Crippen LogP contribution in [0.2, 0.25) is 5.02 Å². The van der Waals surface area contributed by atoms with E-state index in [1.807, 2.05) is 24.3 Å². The zero-order valence-corrected chi connectivity index (χ0v) is 17.7. The Labute approximate surface area is 176 Å². The van der Waals surface area contributed by atoms with Crippen LogP contribution < -0.4 is 0 Å². The van der Waals surface area contributed by atoms with Crippen molar-refractivity contribution in [1.29, 1.82) is 0 Å². The molecule has 0 aliphatic carbocycles. The van der Waals surface area contributed by atoms with Gasteiger partial charge in [-0.3, -0.25) is 0 Å². The third-order valence-electron chi connectivity index (χ3n) is 4.43. The van der Waals surface area contributed by atoms with Crippen LogP contribution in [0.15, 0.2) is 76.1 Å². The molecule has 0 radical (unpaired) electrons. The summed E-state index contributed by atoms with van der Waals surface area (Å²) in [6.45, 7) is 0. The van der Waals surface area contributed by atoms with E-state index in [0.29, 0.717) is 11.4 Å². The fourth-order valence-electron chi connectivity index (χ4n) is 2.98. The molecule has 1 atom stereocenters. The minimum Gasteiger partial charge on any atom is -0.223 e. The van der Waals surface area contributed by atoms with Gasteiger partial charge in [-0.15, -0.1) is 0 Å². The molecule has 0 saturated heterocycles. The lowest BCUT2D eigenvalue weighted by atomic mass is 10.0. The monoisotopic (exact) mass is 484 g/mol. The number of aryl methyl sites for hydroxylation is 1. The van der Waals surface area contributed by atoms with Gasteiger partial charge in [0.1, 0.15) is 11.6 Å². The Balaban J connectivity index is 2.01. The fourth-order valence-corrected chi connectivity index (χ4v) is 5.15. The zero-order valence-electron chi connectivity index (χ0n) is 14.6. The molecule has 0 saturated carbocycles. The molecule has 1 unspecified atom stereocenters. The van der Waals surface area contributed by atoms with E-state index < -0.39 is 26.7 Å². The largest absolute Gasteiger partial charge is 0.223 e. The highest BCUT2D eigenvalue weighted by molar-refractivity contribution is 9.10. The van der Waals surface area contributed by atoms with Crippen LogP contribution in [-0.2, 0) is 16.3 Å². The van der Waals surface area contributed by atoms with Crippen LogP contribution in [0.25, 0.3) is 0 Å². The van der Waals surface area contributed by atoms with E-state index in [9.17, 15) is 17.2 Å². The van der Waals surface area contributed by atoms with Crippen molar-refractivity contribution < 1.29 is 17.2 Å². The van der Waals surface area contributed by atoms with Crippen LogP contribution in [0.1, 0.15) is 22.8 Å². The first-order valence-electron chi connectivity index (χ1n) is 8.46. The second-order valence-electron chi connectivity index (χ2n) is 6.32. The second-order valence-corrected chi connectivity index (χ2v) is 9.80. The summed E-state index contributed by atoms with van der Waals surface area (Å²) in [5.74, 6) is -1.43. The van der Waals surface area contributed by atoms with Gasteiger partial charge in [0, 0.05) is 15.1 Å². The van der Waals surface area contributed by atoms with Gasteiger partial charge in [-0.05, 0) is 73.0 Å². The molecule has 0 fully saturated rings. The molecule has 28 heavy (non-hydrogen) atoms. The van der Waals surface area contributed by atoms with Crippen molar-refractivity contribution in [3.63, 3.8) is 0 Å². The molecule has 0 aliphatic rings. The van der Waals surface area contributed by atoms with Crippen molar-refractivity contribution in [2.45, 2.75) is 23.0 Å². The van der Waals surface area contributed by atoms with Crippen LogP contribution >= 0.6 is 27.5 Å². The summed E-state index contributed by atoms with van der Waals surface area (Å²) in [4.78, 5) is 0.0152. The minimum atomic E-state index is -3.96. The number of benzene rings is 3. The lowest BCUT2D eigenvalue weighted by Gasteiger charge is -2.19. The van der Waals surface area contributed by atoms with Gasteiger partial charge in [-0.25, -0.2) is 17.2 Å². The Kier molecular flexibility index (Phi) is 6.53. The minimum absolute atomic E-state index is 0.0152. The first-order chi connectivity index (χ1) is 13.3. The third-order valence-corrected chi connectivity index (χ3v) is 7.38. The van der Waals surface area contributed by atoms with E-state index in [1.54, 1.807) is 0 Å². The maximum Gasteiger partial charge on any atom is 0.185 e. The van der Waals surface area contributed by atoms with Crippen molar-refractivity contribution in [2.75, 3.05) is 0 Å². The number of halogens is 4. The Morgan fingerprint density at radius 3 is 2.21 bits per heavy atom. The summed E-state index contributed by atoms with van der Waals surface area (Å²) in [6, 6.07) is 16.0. The molecule has 3 aromatic rings. The predicted molar refractivity (Wildman–Crippen MR) is 110 cm³/mol. The van der Waals surface area contributed by atoms with Gasteiger partial charge in [0.25, 0.3) is 0 Å². The number of hydrogen-bond acceptors (Lipinski definition) is 2. The highest BCUT2D eigenvalue weighted by Gasteiger charge is 2.31. The van der Waals surface area contributed by atoms with Crippen molar-refractivity contribution in [1.82, 2.24) is 0 Å². The van der Waals surface area contributed by atoms with Gasteiger partial charge in [0.2, 0.25) is 0 Å². The Bertz CT molecular complexity index is 1070. The molecule has 0 amide bonds. The van der Waals surface area contributed by atoms with E-state index in [4.69, 9.17) is 11.6 Å². The van der Waals surface area contributed by atoms with Crippen LogP contribution in [-0.4, -0.2) is 8.42 Å². The second kappa shape index (κ2) is 8.72. The normalized spacial score (nSPS) is 12.7. The first kappa shape index (κ1) is 21.0. The smallest absolute Gasteiger partial charge is 0.185 e. The summed E-state index contributed by atoms with van der Waals surface area (Å²) in [5, 5.41) is -0.838. The summed E-state index contributed by atoms with van der Waals surface area (Å²) in [6.07, 6.45) is 0.494. The standard InChI is InChI=1S/C21H16BrClF2O2S/c22-15-4-1-14(2-5-15)3-12-21(19-13-17(24)8-11-20(19)25)28(26,27)18-9-6-16(23)7-10-18/h1-2,4-11,13,21H,3,12H2. The maximum absolute atomic E-state index is 14.5. The van der Waals surface area contributed by atoms with Gasteiger partial charge in [-0.2, -0.15) is 0 Å². The molecule has 146 valence electrons. The van der Waals surface area contributed by atoms with E-state index in [-0.39, 0.29) is 16.9 Å². The average molecular weight is 486 g/mol. The van der Waals surface area contributed by atoms with E-state index in [1.165, 1.54) is 24.3 Å². The van der Waals surface area contributed by atoms with Crippen molar-refractivity contribution in [3.05, 3.63) is 99.0 Å². The lowest BCUT2D eigenvalue weighted by Crippen LogP contribution is -2.16. The molecule has 0 aliphatic heterocycles. The summed E-state index contributed by atoms with van der Waals surface area (Å²) >= 11 is 9.20. The topological polar surface area (TPSA) is 34.1 Å². The van der Waals surface area contributed by atoms with Crippen LogP contribution in [0.4, 0.5) is 8.78 Å². The Morgan fingerprint density at radius 1 is 0.929 bits per heavy atom. The van der Waals surface area contributed by atoms with Crippen LogP contribution in [0.5, 0.6) is 0 Å². The predicted octanol–water partition coefficient (Wildman–Crippen LogP) is 6.53. The van der Waals surface area contributed by atoms with Gasteiger partial charge in [0.15, 0.2) is 9.84 Å². The zero-order chi connectivity index (χ0) is 20.3. The van der Waals surface area contributed by atoms with Gasteiger partial charge in [-0.1, -0.05) is 39.7 Å². The van der Waals surface area contributed by atoms with E-state index >= 15 is 0 Å². The Morgan fingerprint density at radius 2 is 1.57 bits per heavy atom. The number of hydrogen-bond donors (Lipinski definition) is 0. The van der Waals surface area contributed by atoms with Gasteiger partial charge >= 0.3 is 0 Å². The molecule has 0 N–H and O–H groups in total. The summed E-state index contributed by atoms with van der Waals surface area (Å²) < 4.78 is 55.6.